The number of nitrogens with two attached hydrogens (primary N) is 1. The van der Waals surface area contributed by atoms with E-state index in [0.717, 1.165) is 37.5 Å². The minimum atomic E-state index is 0.189. The topological polar surface area (TPSA) is 55.1 Å². The minimum absolute atomic E-state index is 0.189. The maximum Gasteiger partial charge on any atom is 0.223 e. The SMILES string of the molecule is NC1CCCCC1NC(=O)C1CC2CC2C1. The molecule has 3 saturated carbocycles. The van der Waals surface area contributed by atoms with E-state index in [1.807, 2.05) is 0 Å². The van der Waals surface area contributed by atoms with Gasteiger partial charge in [0.25, 0.3) is 0 Å². The Morgan fingerprint density at radius 2 is 1.75 bits per heavy atom. The normalized spacial score (nSPS) is 46.2. The molecule has 0 saturated heterocycles. The highest BCUT2D eigenvalue weighted by Gasteiger charge is 2.48. The fourth-order valence-electron chi connectivity index (χ4n) is 3.57. The van der Waals surface area contributed by atoms with Crippen LogP contribution in [-0.2, 0) is 4.79 Å². The molecule has 0 aliphatic heterocycles. The van der Waals surface area contributed by atoms with Crippen molar-refractivity contribution in [3.8, 4) is 0 Å². The lowest BCUT2D eigenvalue weighted by atomic mass is 9.90. The van der Waals surface area contributed by atoms with Gasteiger partial charge >= 0.3 is 0 Å². The zero-order valence-electron chi connectivity index (χ0n) is 9.82. The van der Waals surface area contributed by atoms with Gasteiger partial charge in [0.1, 0.15) is 0 Å². The van der Waals surface area contributed by atoms with E-state index < -0.39 is 0 Å². The largest absolute Gasteiger partial charge is 0.352 e. The molecule has 3 nitrogen and oxygen atoms in total. The molecule has 16 heavy (non-hydrogen) atoms. The van der Waals surface area contributed by atoms with Crippen molar-refractivity contribution in [1.29, 1.82) is 0 Å². The van der Waals surface area contributed by atoms with Gasteiger partial charge < -0.3 is 11.1 Å². The maximum absolute atomic E-state index is 12.1. The number of hydrogen-bond donors (Lipinski definition) is 2. The quantitative estimate of drug-likeness (QED) is 0.742. The summed E-state index contributed by atoms with van der Waals surface area (Å²) in [5.74, 6) is 2.36. The molecule has 1 amide bonds. The molecule has 3 aliphatic carbocycles. The van der Waals surface area contributed by atoms with Crippen LogP contribution in [-0.4, -0.2) is 18.0 Å². The molecule has 0 spiro atoms. The van der Waals surface area contributed by atoms with Gasteiger partial charge in [0.2, 0.25) is 5.91 Å². The molecule has 0 aromatic heterocycles. The summed E-state index contributed by atoms with van der Waals surface area (Å²) in [5, 5.41) is 3.19. The third-order valence-corrected chi connectivity index (χ3v) is 4.76. The molecule has 0 heterocycles. The lowest BCUT2D eigenvalue weighted by molar-refractivity contribution is -0.126. The zero-order chi connectivity index (χ0) is 11.1. The molecule has 0 aromatic rings. The third-order valence-electron chi connectivity index (χ3n) is 4.76. The molecule has 3 fully saturated rings. The van der Waals surface area contributed by atoms with Crippen molar-refractivity contribution in [3.63, 3.8) is 0 Å². The van der Waals surface area contributed by atoms with Gasteiger partial charge in [-0.3, -0.25) is 4.79 Å². The molecule has 3 heteroatoms. The molecule has 0 aromatic carbocycles. The van der Waals surface area contributed by atoms with Crippen molar-refractivity contribution in [3.05, 3.63) is 0 Å². The van der Waals surface area contributed by atoms with E-state index in [1.165, 1.54) is 19.3 Å². The van der Waals surface area contributed by atoms with Crippen LogP contribution in [0, 0.1) is 17.8 Å². The first-order valence-electron chi connectivity index (χ1n) is 6.80. The summed E-state index contributed by atoms with van der Waals surface area (Å²) in [6.45, 7) is 0. The summed E-state index contributed by atoms with van der Waals surface area (Å²) < 4.78 is 0. The van der Waals surface area contributed by atoms with Gasteiger partial charge in [0, 0.05) is 18.0 Å². The Bertz CT molecular complexity index is 282. The van der Waals surface area contributed by atoms with Gasteiger partial charge in [-0.2, -0.15) is 0 Å². The Hall–Kier alpha value is -0.570. The minimum Gasteiger partial charge on any atom is -0.352 e. The lowest BCUT2D eigenvalue weighted by Crippen LogP contribution is -2.50. The van der Waals surface area contributed by atoms with E-state index in [1.54, 1.807) is 0 Å². The summed E-state index contributed by atoms with van der Waals surface area (Å²) in [6, 6.07) is 0.437. The van der Waals surface area contributed by atoms with Crippen molar-refractivity contribution >= 4 is 5.91 Å². The average Bonchev–Trinajstić information content (AvgIpc) is 2.89. The average molecular weight is 222 g/mol. The predicted molar refractivity (Wildman–Crippen MR) is 62.7 cm³/mol. The van der Waals surface area contributed by atoms with Gasteiger partial charge in [-0.25, -0.2) is 0 Å². The van der Waals surface area contributed by atoms with E-state index >= 15 is 0 Å². The van der Waals surface area contributed by atoms with E-state index in [0.29, 0.717) is 5.92 Å². The van der Waals surface area contributed by atoms with Crippen molar-refractivity contribution < 1.29 is 4.79 Å². The molecule has 3 rings (SSSR count). The van der Waals surface area contributed by atoms with Gasteiger partial charge in [0.15, 0.2) is 0 Å². The highest BCUT2D eigenvalue weighted by Crippen LogP contribution is 2.54. The van der Waals surface area contributed by atoms with Gasteiger partial charge in [-0.1, -0.05) is 12.8 Å². The van der Waals surface area contributed by atoms with Gasteiger partial charge in [-0.05, 0) is 43.9 Å². The standard InChI is InChI=1S/C13H22N2O/c14-11-3-1-2-4-12(11)15-13(16)10-6-8-5-9(8)7-10/h8-12H,1-7,14H2,(H,15,16). The van der Waals surface area contributed by atoms with Crippen LogP contribution >= 0.6 is 0 Å². The molecule has 0 bridgehead atoms. The highest BCUT2D eigenvalue weighted by atomic mass is 16.2. The summed E-state index contributed by atoms with van der Waals surface area (Å²) in [7, 11) is 0. The summed E-state index contributed by atoms with van der Waals surface area (Å²) in [4.78, 5) is 12.1. The van der Waals surface area contributed by atoms with Crippen molar-refractivity contribution in [2.45, 2.75) is 57.0 Å². The fraction of sp³-hybridized carbons (Fsp3) is 0.923. The van der Waals surface area contributed by atoms with E-state index in [-0.39, 0.29) is 18.0 Å². The first-order chi connectivity index (χ1) is 7.74. The number of hydrogen-bond acceptors (Lipinski definition) is 2. The number of nitrogens with one attached hydrogen (secondary N) is 1. The Morgan fingerprint density at radius 1 is 1.06 bits per heavy atom. The summed E-state index contributed by atoms with van der Waals surface area (Å²) >= 11 is 0. The van der Waals surface area contributed by atoms with Crippen molar-refractivity contribution in [1.82, 2.24) is 5.32 Å². The Labute approximate surface area is 97.2 Å². The maximum atomic E-state index is 12.1. The van der Waals surface area contributed by atoms with E-state index in [2.05, 4.69) is 5.32 Å². The van der Waals surface area contributed by atoms with Crippen LogP contribution < -0.4 is 11.1 Å². The fourth-order valence-corrected chi connectivity index (χ4v) is 3.57. The molecular weight excluding hydrogens is 200 g/mol. The predicted octanol–water partition coefficient (Wildman–Crippen LogP) is 1.42. The molecular formula is C13H22N2O. The number of rotatable bonds is 2. The van der Waals surface area contributed by atoms with E-state index in [9.17, 15) is 4.79 Å². The molecule has 3 N–H and O–H groups in total. The molecule has 90 valence electrons. The molecule has 3 aliphatic rings. The zero-order valence-corrected chi connectivity index (χ0v) is 9.82. The molecule has 4 atom stereocenters. The second-order valence-corrected chi connectivity index (χ2v) is 5.99. The monoisotopic (exact) mass is 222 g/mol. The van der Waals surface area contributed by atoms with Gasteiger partial charge in [0.05, 0.1) is 0 Å². The van der Waals surface area contributed by atoms with Crippen LogP contribution in [0.4, 0.5) is 0 Å². The third kappa shape index (κ3) is 1.97. The van der Waals surface area contributed by atoms with Crippen LogP contribution in [0.25, 0.3) is 0 Å². The molecule has 0 radical (unpaired) electrons. The lowest BCUT2D eigenvalue weighted by Gasteiger charge is -2.30. The molecule has 4 unspecified atom stereocenters. The number of carbonyl (C=O) groups is 1. The second kappa shape index (κ2) is 4.02. The summed E-state index contributed by atoms with van der Waals surface area (Å²) in [5.41, 5.74) is 6.05. The van der Waals surface area contributed by atoms with Crippen molar-refractivity contribution in [2.24, 2.45) is 23.5 Å². The Morgan fingerprint density at radius 3 is 2.44 bits per heavy atom. The second-order valence-electron chi connectivity index (χ2n) is 5.99. The number of carbonyl (C=O) groups excluding carboxylic acids is 1. The van der Waals surface area contributed by atoms with Crippen LogP contribution in [0.15, 0.2) is 0 Å². The smallest absolute Gasteiger partial charge is 0.223 e. The highest BCUT2D eigenvalue weighted by molar-refractivity contribution is 5.79. The Kier molecular flexibility index (Phi) is 2.66. The first kappa shape index (κ1) is 10.6. The van der Waals surface area contributed by atoms with Gasteiger partial charge in [-0.15, -0.1) is 0 Å². The van der Waals surface area contributed by atoms with Crippen molar-refractivity contribution in [2.75, 3.05) is 0 Å². The first-order valence-corrected chi connectivity index (χ1v) is 6.80. The van der Waals surface area contributed by atoms with Crippen LogP contribution in [0.3, 0.4) is 0 Å². The number of amides is 1. The summed E-state index contributed by atoms with van der Waals surface area (Å²) in [6.07, 6.45) is 8.24. The van der Waals surface area contributed by atoms with Crippen LogP contribution in [0.5, 0.6) is 0 Å². The number of fused-ring (bicyclic) bond motifs is 1. The van der Waals surface area contributed by atoms with E-state index in [4.69, 9.17) is 5.73 Å². The van der Waals surface area contributed by atoms with Crippen LogP contribution in [0.2, 0.25) is 0 Å². The Balaban J connectivity index is 1.51. The van der Waals surface area contributed by atoms with Crippen LogP contribution in [0.1, 0.15) is 44.9 Å².